The van der Waals surface area contributed by atoms with E-state index in [9.17, 15) is 9.50 Å². The lowest BCUT2D eigenvalue weighted by Crippen LogP contribution is -2.01. The monoisotopic (exact) mass is 254 g/mol. The number of halogens is 2. The van der Waals surface area contributed by atoms with E-state index in [1.54, 1.807) is 19.9 Å². The Morgan fingerprint density at radius 3 is 2.53 bits per heavy atom. The first-order chi connectivity index (χ1) is 7.99. The van der Waals surface area contributed by atoms with Gasteiger partial charge in [0.25, 0.3) is 0 Å². The number of benzene rings is 1. The second kappa shape index (κ2) is 4.51. The second-order valence-electron chi connectivity index (χ2n) is 3.94. The van der Waals surface area contributed by atoms with E-state index >= 15 is 0 Å². The summed E-state index contributed by atoms with van der Waals surface area (Å²) in [5.74, 6) is 0.876. The van der Waals surface area contributed by atoms with Crippen LogP contribution in [0.1, 0.15) is 28.8 Å². The van der Waals surface area contributed by atoms with E-state index in [0.717, 1.165) is 0 Å². The van der Waals surface area contributed by atoms with Crippen molar-refractivity contribution in [3.8, 4) is 0 Å². The van der Waals surface area contributed by atoms with Gasteiger partial charge in [0.05, 0.1) is 0 Å². The zero-order valence-corrected chi connectivity index (χ0v) is 10.3. The SMILES string of the molecule is Cc1cc(C(O)c2cc(F)ccc2Cl)c(C)o1. The second-order valence-corrected chi connectivity index (χ2v) is 4.34. The number of hydrogen-bond donors (Lipinski definition) is 1. The van der Waals surface area contributed by atoms with Gasteiger partial charge in [-0.15, -0.1) is 0 Å². The summed E-state index contributed by atoms with van der Waals surface area (Å²) in [7, 11) is 0. The van der Waals surface area contributed by atoms with Gasteiger partial charge in [-0.25, -0.2) is 4.39 Å². The molecule has 17 heavy (non-hydrogen) atoms. The van der Waals surface area contributed by atoms with Crippen LogP contribution < -0.4 is 0 Å². The van der Waals surface area contributed by atoms with Crippen LogP contribution in [-0.2, 0) is 0 Å². The Kier molecular flexibility index (Phi) is 3.22. The fraction of sp³-hybridized carbons (Fsp3) is 0.231. The van der Waals surface area contributed by atoms with Crippen molar-refractivity contribution in [3.05, 3.63) is 57.8 Å². The lowest BCUT2D eigenvalue weighted by atomic mass is 10.0. The molecule has 0 radical (unpaired) electrons. The number of aliphatic hydroxyl groups excluding tert-OH is 1. The van der Waals surface area contributed by atoms with E-state index in [0.29, 0.717) is 27.7 Å². The number of aryl methyl sites for hydroxylation is 2. The van der Waals surface area contributed by atoms with E-state index in [1.807, 2.05) is 0 Å². The minimum atomic E-state index is -0.976. The zero-order chi connectivity index (χ0) is 12.6. The van der Waals surface area contributed by atoms with Gasteiger partial charge in [0.2, 0.25) is 0 Å². The largest absolute Gasteiger partial charge is 0.466 e. The van der Waals surface area contributed by atoms with Crippen molar-refractivity contribution in [2.24, 2.45) is 0 Å². The van der Waals surface area contributed by atoms with Crippen LogP contribution in [0, 0.1) is 19.7 Å². The predicted molar refractivity (Wildman–Crippen MR) is 63.7 cm³/mol. The molecule has 1 unspecified atom stereocenters. The van der Waals surface area contributed by atoms with Crippen molar-refractivity contribution in [3.63, 3.8) is 0 Å². The number of rotatable bonds is 2. The van der Waals surface area contributed by atoms with Crippen molar-refractivity contribution in [2.45, 2.75) is 20.0 Å². The zero-order valence-electron chi connectivity index (χ0n) is 9.50. The van der Waals surface area contributed by atoms with Crippen LogP contribution in [0.15, 0.2) is 28.7 Å². The lowest BCUT2D eigenvalue weighted by molar-refractivity contribution is 0.217. The smallest absolute Gasteiger partial charge is 0.123 e. The quantitative estimate of drug-likeness (QED) is 0.885. The average molecular weight is 255 g/mol. The van der Waals surface area contributed by atoms with Gasteiger partial charge in [0, 0.05) is 16.1 Å². The topological polar surface area (TPSA) is 33.4 Å². The molecule has 0 saturated heterocycles. The Hall–Kier alpha value is -1.32. The van der Waals surface area contributed by atoms with Crippen molar-refractivity contribution in [1.29, 1.82) is 0 Å². The molecule has 0 saturated carbocycles. The van der Waals surface area contributed by atoms with E-state index in [1.165, 1.54) is 18.2 Å². The van der Waals surface area contributed by atoms with Crippen LogP contribution in [0.2, 0.25) is 5.02 Å². The van der Waals surface area contributed by atoms with Gasteiger partial charge in [-0.2, -0.15) is 0 Å². The molecular weight excluding hydrogens is 243 g/mol. The van der Waals surface area contributed by atoms with Crippen molar-refractivity contribution >= 4 is 11.6 Å². The summed E-state index contributed by atoms with van der Waals surface area (Å²) in [5.41, 5.74) is 0.950. The molecule has 0 fully saturated rings. The molecule has 1 atom stereocenters. The Morgan fingerprint density at radius 1 is 1.24 bits per heavy atom. The molecule has 4 heteroatoms. The van der Waals surface area contributed by atoms with Crippen LogP contribution >= 0.6 is 11.6 Å². The molecule has 2 rings (SSSR count). The summed E-state index contributed by atoms with van der Waals surface area (Å²) in [6.07, 6.45) is -0.976. The predicted octanol–water partition coefficient (Wildman–Crippen LogP) is 3.77. The van der Waals surface area contributed by atoms with Gasteiger partial charge in [-0.05, 0) is 38.1 Å². The van der Waals surface area contributed by atoms with Crippen LogP contribution in [-0.4, -0.2) is 5.11 Å². The molecule has 0 aliphatic carbocycles. The molecule has 1 aromatic heterocycles. The minimum Gasteiger partial charge on any atom is -0.466 e. The van der Waals surface area contributed by atoms with Crippen molar-refractivity contribution in [2.75, 3.05) is 0 Å². The molecule has 1 heterocycles. The van der Waals surface area contributed by atoms with E-state index in [2.05, 4.69) is 0 Å². The van der Waals surface area contributed by atoms with Gasteiger partial charge in [0.15, 0.2) is 0 Å². The molecular formula is C13H12ClFO2. The standard InChI is InChI=1S/C13H12ClFO2/c1-7-5-10(8(2)17-7)13(16)11-6-9(15)3-4-12(11)14/h3-6,13,16H,1-2H3. The third-order valence-electron chi connectivity index (χ3n) is 2.63. The highest BCUT2D eigenvalue weighted by molar-refractivity contribution is 6.31. The van der Waals surface area contributed by atoms with Crippen LogP contribution in [0.5, 0.6) is 0 Å². The maximum Gasteiger partial charge on any atom is 0.123 e. The molecule has 90 valence electrons. The molecule has 1 aromatic carbocycles. The summed E-state index contributed by atoms with van der Waals surface area (Å²) in [6.45, 7) is 3.54. The third kappa shape index (κ3) is 2.35. The molecule has 1 N–H and O–H groups in total. The van der Waals surface area contributed by atoms with Gasteiger partial charge >= 0.3 is 0 Å². The first-order valence-corrected chi connectivity index (χ1v) is 5.57. The summed E-state index contributed by atoms with van der Waals surface area (Å²) in [4.78, 5) is 0. The third-order valence-corrected chi connectivity index (χ3v) is 2.97. The summed E-state index contributed by atoms with van der Waals surface area (Å²) >= 11 is 5.94. The van der Waals surface area contributed by atoms with Gasteiger partial charge < -0.3 is 9.52 Å². The highest BCUT2D eigenvalue weighted by atomic mass is 35.5. The normalized spacial score (nSPS) is 12.8. The molecule has 0 aliphatic rings. The van der Waals surface area contributed by atoms with Crippen molar-refractivity contribution in [1.82, 2.24) is 0 Å². The van der Waals surface area contributed by atoms with Gasteiger partial charge in [-0.1, -0.05) is 11.6 Å². The fourth-order valence-corrected chi connectivity index (χ4v) is 2.03. The van der Waals surface area contributed by atoms with Crippen LogP contribution in [0.3, 0.4) is 0 Å². The molecule has 2 aromatic rings. The maximum absolute atomic E-state index is 13.1. The summed E-state index contributed by atoms with van der Waals surface area (Å²) < 4.78 is 18.5. The average Bonchev–Trinajstić information content (AvgIpc) is 2.60. The maximum atomic E-state index is 13.1. The van der Waals surface area contributed by atoms with E-state index < -0.39 is 11.9 Å². The molecule has 0 bridgehead atoms. The van der Waals surface area contributed by atoms with Gasteiger partial charge in [0.1, 0.15) is 23.4 Å². The van der Waals surface area contributed by atoms with Crippen LogP contribution in [0.25, 0.3) is 0 Å². The Bertz CT molecular complexity index is 548. The highest BCUT2D eigenvalue weighted by Gasteiger charge is 2.19. The molecule has 2 nitrogen and oxygen atoms in total. The van der Waals surface area contributed by atoms with Gasteiger partial charge in [-0.3, -0.25) is 0 Å². The van der Waals surface area contributed by atoms with Crippen molar-refractivity contribution < 1.29 is 13.9 Å². The fourth-order valence-electron chi connectivity index (χ4n) is 1.81. The molecule has 0 amide bonds. The first kappa shape index (κ1) is 12.1. The van der Waals surface area contributed by atoms with E-state index in [4.69, 9.17) is 16.0 Å². The minimum absolute atomic E-state index is 0.331. The summed E-state index contributed by atoms with van der Waals surface area (Å²) in [6, 6.07) is 5.64. The number of aliphatic hydroxyl groups is 1. The summed E-state index contributed by atoms with van der Waals surface area (Å²) in [5, 5.41) is 10.5. The first-order valence-electron chi connectivity index (χ1n) is 5.19. The van der Waals surface area contributed by atoms with Crippen LogP contribution in [0.4, 0.5) is 4.39 Å². The number of hydrogen-bond acceptors (Lipinski definition) is 2. The molecule has 0 aliphatic heterocycles. The highest BCUT2D eigenvalue weighted by Crippen LogP contribution is 2.31. The molecule has 0 spiro atoms. The Balaban J connectivity index is 2.46. The lowest BCUT2D eigenvalue weighted by Gasteiger charge is -2.11. The Labute approximate surface area is 104 Å². The number of furan rings is 1. The Morgan fingerprint density at radius 2 is 1.94 bits per heavy atom. The van der Waals surface area contributed by atoms with E-state index in [-0.39, 0.29) is 0 Å².